The van der Waals surface area contributed by atoms with Gasteiger partial charge in [0.05, 0.1) is 24.8 Å². The molecule has 0 spiro atoms. The van der Waals surface area contributed by atoms with Gasteiger partial charge in [0.1, 0.15) is 5.76 Å². The van der Waals surface area contributed by atoms with E-state index >= 15 is 0 Å². The molecule has 19 heavy (non-hydrogen) atoms. The summed E-state index contributed by atoms with van der Waals surface area (Å²) >= 11 is 0. The van der Waals surface area contributed by atoms with Crippen LogP contribution in [0.15, 0.2) is 41.0 Å². The molecule has 2 aromatic rings. The van der Waals surface area contributed by atoms with Gasteiger partial charge in [0.15, 0.2) is 0 Å². The zero-order valence-corrected chi connectivity index (χ0v) is 10.00. The number of anilines is 1. The van der Waals surface area contributed by atoms with Gasteiger partial charge < -0.3 is 14.4 Å². The van der Waals surface area contributed by atoms with Crippen molar-refractivity contribution in [2.75, 3.05) is 4.90 Å². The Bertz CT molecular complexity index is 645. The first-order valence-electron chi connectivity index (χ1n) is 5.84. The lowest BCUT2D eigenvalue weighted by Crippen LogP contribution is -2.25. The maximum absolute atomic E-state index is 12.0. The molecule has 0 radical (unpaired) electrons. The summed E-state index contributed by atoms with van der Waals surface area (Å²) in [6.45, 7) is 0.366. The second-order valence-corrected chi connectivity index (χ2v) is 4.38. The first-order chi connectivity index (χ1) is 9.15. The lowest BCUT2D eigenvalue weighted by molar-refractivity contribution is -0.117. The van der Waals surface area contributed by atoms with E-state index < -0.39 is 5.97 Å². The SMILES string of the molecule is O=C(O)c1ccc2c(c1)CC(=O)N2Cc1ccco1. The van der Waals surface area contributed by atoms with Gasteiger partial charge in [-0.15, -0.1) is 0 Å². The van der Waals surface area contributed by atoms with Crippen molar-refractivity contribution in [3.63, 3.8) is 0 Å². The summed E-state index contributed by atoms with van der Waals surface area (Å²) in [7, 11) is 0. The van der Waals surface area contributed by atoms with E-state index in [1.807, 2.05) is 0 Å². The number of carbonyl (C=O) groups excluding carboxylic acids is 1. The van der Waals surface area contributed by atoms with Gasteiger partial charge in [-0.3, -0.25) is 4.79 Å². The monoisotopic (exact) mass is 257 g/mol. The number of hydrogen-bond acceptors (Lipinski definition) is 3. The molecule has 3 rings (SSSR count). The Morgan fingerprint density at radius 1 is 1.37 bits per heavy atom. The standard InChI is InChI=1S/C14H11NO4/c16-13-7-10-6-9(14(17)18)3-4-12(10)15(13)8-11-2-1-5-19-11/h1-6H,7-8H2,(H,17,18). The zero-order chi connectivity index (χ0) is 13.4. The lowest BCUT2D eigenvalue weighted by atomic mass is 10.1. The van der Waals surface area contributed by atoms with Crippen LogP contribution in [-0.2, 0) is 17.8 Å². The van der Waals surface area contributed by atoms with Gasteiger partial charge in [-0.25, -0.2) is 4.79 Å². The Morgan fingerprint density at radius 2 is 2.21 bits per heavy atom. The van der Waals surface area contributed by atoms with Gasteiger partial charge in [0, 0.05) is 5.69 Å². The second kappa shape index (κ2) is 4.28. The summed E-state index contributed by atoms with van der Waals surface area (Å²) in [4.78, 5) is 24.5. The van der Waals surface area contributed by atoms with Gasteiger partial charge in [-0.1, -0.05) is 0 Å². The van der Waals surface area contributed by atoms with Crippen molar-refractivity contribution in [3.05, 3.63) is 53.5 Å². The molecule has 2 heterocycles. The van der Waals surface area contributed by atoms with E-state index in [2.05, 4.69) is 0 Å². The molecule has 0 fully saturated rings. The highest BCUT2D eigenvalue weighted by Gasteiger charge is 2.28. The van der Waals surface area contributed by atoms with Gasteiger partial charge >= 0.3 is 5.97 Å². The number of carboxylic acids is 1. The maximum atomic E-state index is 12.0. The van der Waals surface area contributed by atoms with Crippen LogP contribution < -0.4 is 4.90 Å². The highest BCUT2D eigenvalue weighted by Crippen LogP contribution is 2.31. The molecular formula is C14H11NO4. The summed E-state index contributed by atoms with van der Waals surface area (Å²) in [5, 5.41) is 8.94. The summed E-state index contributed by atoms with van der Waals surface area (Å²) in [5.41, 5.74) is 1.70. The minimum absolute atomic E-state index is 0.0473. The van der Waals surface area contributed by atoms with Crippen molar-refractivity contribution in [2.24, 2.45) is 0 Å². The fourth-order valence-corrected chi connectivity index (χ4v) is 2.25. The number of hydrogen-bond donors (Lipinski definition) is 1. The molecular weight excluding hydrogens is 246 g/mol. The number of nitrogens with zero attached hydrogens (tertiary/aromatic N) is 1. The average molecular weight is 257 g/mol. The molecule has 5 heteroatoms. The van der Waals surface area contributed by atoms with Gasteiger partial charge in [0.25, 0.3) is 0 Å². The molecule has 0 atom stereocenters. The summed E-state index contributed by atoms with van der Waals surface area (Å²) in [5.74, 6) is -0.336. The number of aromatic carboxylic acids is 1. The van der Waals surface area contributed by atoms with E-state index in [1.54, 1.807) is 35.4 Å². The molecule has 1 aliphatic heterocycles. The third kappa shape index (κ3) is 1.99. The van der Waals surface area contributed by atoms with Gasteiger partial charge in [-0.05, 0) is 35.9 Å². The molecule has 0 saturated carbocycles. The highest BCUT2D eigenvalue weighted by molar-refractivity contribution is 6.02. The van der Waals surface area contributed by atoms with Crippen LogP contribution >= 0.6 is 0 Å². The minimum atomic E-state index is -0.986. The first-order valence-corrected chi connectivity index (χ1v) is 5.84. The zero-order valence-electron chi connectivity index (χ0n) is 10.00. The van der Waals surface area contributed by atoms with Gasteiger partial charge in [0.2, 0.25) is 5.91 Å². The van der Waals surface area contributed by atoms with Crippen LogP contribution in [0.4, 0.5) is 5.69 Å². The quantitative estimate of drug-likeness (QED) is 0.913. The number of rotatable bonds is 3. The molecule has 0 aliphatic carbocycles. The summed E-state index contributed by atoms with van der Waals surface area (Å²) in [6.07, 6.45) is 1.79. The van der Waals surface area contributed by atoms with E-state index in [0.717, 1.165) is 11.3 Å². The number of furan rings is 1. The number of fused-ring (bicyclic) bond motifs is 1. The largest absolute Gasteiger partial charge is 0.478 e. The van der Waals surface area contributed by atoms with Crippen LogP contribution in [0.2, 0.25) is 0 Å². The Hall–Kier alpha value is -2.56. The van der Waals surface area contributed by atoms with Crippen molar-refractivity contribution < 1.29 is 19.1 Å². The molecule has 1 amide bonds. The highest BCUT2D eigenvalue weighted by atomic mass is 16.4. The van der Waals surface area contributed by atoms with Crippen LogP contribution in [0, 0.1) is 0 Å². The number of carbonyl (C=O) groups is 2. The molecule has 0 saturated heterocycles. The normalized spacial score (nSPS) is 13.7. The van der Waals surface area contributed by atoms with Crippen LogP contribution in [0.1, 0.15) is 21.7 Å². The predicted molar refractivity (Wildman–Crippen MR) is 67.0 cm³/mol. The van der Waals surface area contributed by atoms with Crippen molar-refractivity contribution in [2.45, 2.75) is 13.0 Å². The molecule has 0 unspecified atom stereocenters. The van der Waals surface area contributed by atoms with Crippen molar-refractivity contribution in [1.82, 2.24) is 0 Å². The third-order valence-electron chi connectivity index (χ3n) is 3.15. The van der Waals surface area contributed by atoms with E-state index in [4.69, 9.17) is 9.52 Å². The molecule has 1 aliphatic rings. The topological polar surface area (TPSA) is 70.8 Å². The van der Waals surface area contributed by atoms with Crippen molar-refractivity contribution >= 4 is 17.6 Å². The lowest BCUT2D eigenvalue weighted by Gasteiger charge is -2.15. The number of amides is 1. The Balaban J connectivity index is 1.94. The van der Waals surface area contributed by atoms with Crippen LogP contribution in [0.3, 0.4) is 0 Å². The summed E-state index contributed by atoms with van der Waals surface area (Å²) < 4.78 is 5.23. The van der Waals surface area contributed by atoms with Crippen LogP contribution in [0.25, 0.3) is 0 Å². The average Bonchev–Trinajstić information content (AvgIpc) is 2.98. The maximum Gasteiger partial charge on any atom is 0.335 e. The Kier molecular flexibility index (Phi) is 2.59. The molecule has 96 valence electrons. The first kappa shape index (κ1) is 11.5. The molecule has 1 aromatic carbocycles. The van der Waals surface area contributed by atoms with E-state index in [9.17, 15) is 9.59 Å². The molecule has 1 aromatic heterocycles. The van der Waals surface area contributed by atoms with Crippen LogP contribution in [0.5, 0.6) is 0 Å². The second-order valence-electron chi connectivity index (χ2n) is 4.38. The molecule has 1 N–H and O–H groups in total. The van der Waals surface area contributed by atoms with Crippen molar-refractivity contribution in [3.8, 4) is 0 Å². The van der Waals surface area contributed by atoms with E-state index in [1.165, 1.54) is 6.07 Å². The van der Waals surface area contributed by atoms with Crippen molar-refractivity contribution in [1.29, 1.82) is 0 Å². The Labute approximate surface area is 109 Å². The fourth-order valence-electron chi connectivity index (χ4n) is 2.25. The molecule has 0 bridgehead atoms. The van der Waals surface area contributed by atoms with E-state index in [0.29, 0.717) is 12.3 Å². The Morgan fingerprint density at radius 3 is 2.89 bits per heavy atom. The minimum Gasteiger partial charge on any atom is -0.478 e. The van der Waals surface area contributed by atoms with E-state index in [-0.39, 0.29) is 17.9 Å². The molecule has 5 nitrogen and oxygen atoms in total. The van der Waals surface area contributed by atoms with Gasteiger partial charge in [-0.2, -0.15) is 0 Å². The smallest absolute Gasteiger partial charge is 0.335 e. The number of benzene rings is 1. The predicted octanol–water partition coefficient (Wildman–Crippen LogP) is 2.07. The number of carboxylic acid groups (broad SMARTS) is 1. The van der Waals surface area contributed by atoms with Crippen LogP contribution in [-0.4, -0.2) is 17.0 Å². The fraction of sp³-hybridized carbons (Fsp3) is 0.143. The third-order valence-corrected chi connectivity index (χ3v) is 3.15. The summed E-state index contributed by atoms with van der Waals surface area (Å²) in [6, 6.07) is 8.31.